The molecular weight excluding hydrogens is 644 g/mol. The lowest BCUT2D eigenvalue weighted by molar-refractivity contribution is -0.145. The largest absolute Gasteiger partial charge is 0.347 e. The highest BCUT2D eigenvalue weighted by Crippen LogP contribution is 2.65. The van der Waals surface area contributed by atoms with Crippen LogP contribution in [0.25, 0.3) is 0 Å². The number of hydrogen-bond donors (Lipinski definition) is 3. The zero-order valence-corrected chi connectivity index (χ0v) is 27.0. The maximum absolute atomic E-state index is 15.7. The Bertz CT molecular complexity index is 2770. The number of nitrogens with one attached hydrogen (secondary N) is 3. The first-order valence-electron chi connectivity index (χ1n) is 33.6. The van der Waals surface area contributed by atoms with Crippen LogP contribution in [-0.2, 0) is 29.0 Å². The predicted molar refractivity (Wildman–Crippen MR) is 189 cm³/mol. The third-order valence-electron chi connectivity index (χ3n) is 8.67. The van der Waals surface area contributed by atoms with Crippen LogP contribution in [0.4, 0.5) is 4.79 Å². The van der Waals surface area contributed by atoms with Crippen LogP contribution in [0.15, 0.2) is 0 Å². The van der Waals surface area contributed by atoms with E-state index in [9.17, 15) is 19.4 Å². The topological polar surface area (TPSA) is 159 Å². The normalized spacial score (nSPS) is 45.8. The third-order valence-corrected chi connectivity index (χ3v) is 10.4. The fourth-order valence-corrected chi connectivity index (χ4v) is 6.85. The molecule has 12 heteroatoms. The number of sulfone groups is 1. The average Bonchev–Trinajstić information content (AvgIpc) is 1.24. The summed E-state index contributed by atoms with van der Waals surface area (Å²) in [6.07, 6.45) is -40.3. The van der Waals surface area contributed by atoms with Gasteiger partial charge in [0.05, 0.1) is 22.1 Å². The van der Waals surface area contributed by atoms with Gasteiger partial charge in [0, 0.05) is 77.0 Å². The van der Waals surface area contributed by atoms with E-state index in [1.165, 1.54) is 19.2 Å². The Hall–Kier alpha value is -2.50. The number of nitrogens with zero attached hydrogens (tertiary/aromatic N) is 1. The van der Waals surface area contributed by atoms with E-state index >= 15 is 14.4 Å². The van der Waals surface area contributed by atoms with E-state index in [0.29, 0.717) is 0 Å². The average molecular weight is 745 g/mol. The number of urea groups is 1. The second kappa shape index (κ2) is 14.3. The first-order chi connectivity index (χ1) is 37.6. The number of amides is 4. The molecule has 4 fully saturated rings. The number of carbonyl (C=O) groups excluding carboxylic acids is 5. The third kappa shape index (κ3) is 8.87. The lowest BCUT2D eigenvalue weighted by Crippen LogP contribution is -2.63. The maximum Gasteiger partial charge on any atom is 0.315 e. The molecule has 4 amide bonds. The van der Waals surface area contributed by atoms with Crippen molar-refractivity contribution < 1.29 is 84.5 Å². The van der Waals surface area contributed by atoms with Crippen molar-refractivity contribution in [3.63, 3.8) is 0 Å². The summed E-state index contributed by atoms with van der Waals surface area (Å²) in [6, 6.07) is -10.4. The van der Waals surface area contributed by atoms with Gasteiger partial charge in [-0.1, -0.05) is 73.1 Å². The summed E-state index contributed by atoms with van der Waals surface area (Å²) in [5.41, 5.74) is -11.4. The van der Waals surface area contributed by atoms with Crippen LogP contribution in [0.5, 0.6) is 0 Å². The van der Waals surface area contributed by atoms with Crippen LogP contribution in [-0.4, -0.2) is 83.4 Å². The van der Waals surface area contributed by atoms with Crippen molar-refractivity contribution in [3.05, 3.63) is 0 Å². The molecule has 3 aliphatic carbocycles. The Morgan fingerprint density at radius 1 is 1.04 bits per heavy atom. The van der Waals surface area contributed by atoms with Gasteiger partial charge in [0.1, 0.15) is 6.04 Å². The van der Waals surface area contributed by atoms with E-state index < -0.39 is 214 Å². The van der Waals surface area contributed by atoms with Crippen molar-refractivity contribution in [1.82, 2.24) is 20.9 Å². The Morgan fingerprint density at radius 2 is 1.71 bits per heavy atom. The van der Waals surface area contributed by atoms with Gasteiger partial charge in [-0.15, -0.1) is 0 Å². The summed E-state index contributed by atoms with van der Waals surface area (Å²) in [7, 11) is -7.30. The van der Waals surface area contributed by atoms with Gasteiger partial charge in [-0.25, -0.2) is 13.2 Å². The SMILES string of the molecule is [2H]C([2H])([2H])C([2H])([2H])C([2H])([2H])C([2H])([2H])[C@@]([2H])(CC(=O)[C@@H]1[C@@H]2[C@H](CN1C(=O)[C@@H](NC(=O)NC1(CS(=O)(=O)C(C([2H])([2H])[2H])(C([2H])([2H])[2H])C([2H])([2H])[2H])C([2H])([2H])C([2H])([2H])C([2H])([2H])C([2H])([2H])C1([2H])[2H])C(C([2H])([2H])[2H])(C([2H])([2H])[2H])C([2H])([2H])[2H])C2(C)C)C(=O)C(=O)NC1CC1. The van der Waals surface area contributed by atoms with Crippen molar-refractivity contribution in [2.45, 2.75) is 160 Å². The quantitative estimate of drug-likeness (QED) is 0.217. The van der Waals surface area contributed by atoms with E-state index in [1.807, 2.05) is 5.32 Å². The van der Waals surface area contributed by atoms with Crippen LogP contribution in [0, 0.1) is 28.6 Å². The summed E-state index contributed by atoms with van der Waals surface area (Å²) >= 11 is 0. The first kappa shape index (κ1) is 12.6. The van der Waals surface area contributed by atoms with Crippen molar-refractivity contribution in [2.24, 2.45) is 28.6 Å². The van der Waals surface area contributed by atoms with Gasteiger partial charge < -0.3 is 20.9 Å². The van der Waals surface area contributed by atoms with Gasteiger partial charge >= 0.3 is 6.03 Å². The molecule has 49 heavy (non-hydrogen) atoms. The number of carbonyl (C=O) groups is 5. The van der Waals surface area contributed by atoms with E-state index in [1.54, 1.807) is 0 Å². The number of rotatable bonds is 14. The predicted octanol–water partition coefficient (Wildman–Crippen LogP) is 4.71. The number of fused-ring (bicyclic) bond motifs is 1. The molecule has 4 rings (SSSR count). The van der Waals surface area contributed by atoms with E-state index in [-0.39, 0.29) is 17.7 Å². The monoisotopic (exact) mass is 745 g/mol. The highest BCUT2D eigenvalue weighted by atomic mass is 32.2. The van der Waals surface area contributed by atoms with Crippen LogP contribution >= 0.6 is 0 Å². The highest BCUT2D eigenvalue weighted by molar-refractivity contribution is 7.92. The maximum atomic E-state index is 15.7. The van der Waals surface area contributed by atoms with Crippen LogP contribution in [0.1, 0.15) is 184 Å². The Balaban J connectivity index is 2.18. The highest BCUT2D eigenvalue weighted by Gasteiger charge is 2.69. The summed E-state index contributed by atoms with van der Waals surface area (Å²) in [5.74, 6) is -19.0. The molecule has 0 bridgehead atoms. The molecule has 1 heterocycles. The molecule has 0 aromatic rings. The molecule has 5 atom stereocenters. The summed E-state index contributed by atoms with van der Waals surface area (Å²) in [5, 5.41) is 4.26. The van der Waals surface area contributed by atoms with E-state index in [0.717, 1.165) is 5.32 Å². The van der Waals surface area contributed by atoms with Crippen molar-refractivity contribution in [1.29, 1.82) is 0 Å². The molecule has 0 spiro atoms. The lowest BCUT2D eigenvalue weighted by Gasteiger charge is -2.41. The van der Waals surface area contributed by atoms with E-state index in [4.69, 9.17) is 50.7 Å². The molecule has 11 nitrogen and oxygen atoms in total. The Kier molecular flexibility index (Phi) is 3.66. The number of Topliss-reactive ketones (excluding diaryl/α,β-unsaturated/α-hetero) is 2. The molecular formula is C37H62N4O7S. The molecule has 0 radical (unpaired) electrons. The lowest BCUT2D eigenvalue weighted by atomic mass is 9.83. The molecule has 0 unspecified atom stereocenters. The Labute approximate surface area is 347 Å². The second-order valence-corrected chi connectivity index (χ2v) is 14.9. The minimum absolute atomic E-state index is 0.0371. The van der Waals surface area contributed by atoms with Gasteiger partial charge in [-0.3, -0.25) is 19.2 Å². The van der Waals surface area contributed by atoms with Gasteiger partial charge in [0.25, 0.3) is 5.91 Å². The zero-order chi connectivity index (χ0) is 69.5. The molecule has 1 aliphatic heterocycles. The molecule has 1 saturated heterocycles. The summed E-state index contributed by atoms with van der Waals surface area (Å²) in [4.78, 5) is 73.5. The van der Waals surface area contributed by atoms with Crippen molar-refractivity contribution in [3.8, 4) is 0 Å². The van der Waals surface area contributed by atoms with E-state index in [2.05, 4.69) is 0 Å². The van der Waals surface area contributed by atoms with Crippen molar-refractivity contribution in [2.75, 3.05) is 12.3 Å². The Morgan fingerprint density at radius 3 is 2.31 bits per heavy atom. The molecule has 0 aromatic heterocycles. The second-order valence-electron chi connectivity index (χ2n) is 12.8. The molecule has 3 saturated carbocycles. The number of hydrogen-bond acceptors (Lipinski definition) is 7. The van der Waals surface area contributed by atoms with Crippen LogP contribution in [0.2, 0.25) is 0 Å². The molecule has 0 aromatic carbocycles. The number of piperidine rings is 1. The van der Waals surface area contributed by atoms with Gasteiger partial charge in [0.15, 0.2) is 15.6 Å². The number of likely N-dealkylation sites (tertiary alicyclic amines) is 1. The van der Waals surface area contributed by atoms with Gasteiger partial charge in [-0.2, -0.15) is 0 Å². The van der Waals surface area contributed by atoms with Gasteiger partial charge in [0.2, 0.25) is 11.7 Å². The van der Waals surface area contributed by atoms with Crippen molar-refractivity contribution >= 4 is 39.2 Å². The fraction of sp³-hybridized carbons (Fsp3) is 0.865. The molecule has 278 valence electrons. The molecule has 3 N–H and O–H groups in total. The smallest absolute Gasteiger partial charge is 0.315 e. The molecule has 4 aliphatic rings. The van der Waals surface area contributed by atoms with Crippen LogP contribution in [0.3, 0.4) is 0 Å². The minimum Gasteiger partial charge on any atom is -0.347 e. The standard InChI is InChI=1S/C37H62N4O7S/c1-10-11-15-23(29(43)31(44)38-24-16-17-24)20-26(42)28-27-25(36(27,8)9)21-41(28)32(45)30(34(2,3)4)39-33(46)40-37(18-13-12-14-19-37)22-49(47,48)35(5,6)7/h23-25,27-28,30H,10-22H2,1-9H3,(H,38,44)(H2,39,40,46)/t23-,25-,27-,28+,30+/m0/s1/i1D3,2D3,3D3,4D3,5D3,6D3,7D3,10D2,11D2,12D2,13D2,14D2,15D2,18D2,19D2,23D. The minimum atomic E-state index is -7.30. The zero-order valence-electron chi connectivity index (χ0n) is 64.1. The fourth-order valence-electron chi connectivity index (χ4n) is 5.85. The number of ketones is 2. The summed E-state index contributed by atoms with van der Waals surface area (Å²) < 4.78 is 343. The van der Waals surface area contributed by atoms with Gasteiger partial charge in [-0.05, 0) is 75.2 Å². The summed E-state index contributed by atoms with van der Waals surface area (Å²) in [6.45, 7) is -31.8. The van der Waals surface area contributed by atoms with Crippen LogP contribution < -0.4 is 16.0 Å². The first-order valence-corrected chi connectivity index (χ1v) is 16.3.